The number of benzene rings is 1. The molecule has 0 radical (unpaired) electrons. The Balaban J connectivity index is 2.11. The van der Waals surface area contributed by atoms with Crippen molar-refractivity contribution in [1.29, 1.82) is 0 Å². The van der Waals surface area contributed by atoms with E-state index in [-0.39, 0.29) is 18.3 Å². The second-order valence-electron chi connectivity index (χ2n) is 7.22. The Morgan fingerprint density at radius 1 is 1.00 bits per heavy atom. The molecular formula is C21H22FN3O9. The number of rotatable bonds is 7. The molecule has 2 aromatic rings. The molecule has 1 fully saturated rings. The number of aromatic nitrogens is 3. The molecule has 0 saturated carbocycles. The lowest BCUT2D eigenvalue weighted by molar-refractivity contribution is -0.166. The van der Waals surface area contributed by atoms with E-state index in [1.54, 1.807) is 0 Å². The first kappa shape index (κ1) is 24.8. The van der Waals surface area contributed by atoms with Crippen molar-refractivity contribution >= 4 is 23.9 Å². The van der Waals surface area contributed by atoms with Crippen molar-refractivity contribution in [3.63, 3.8) is 0 Å². The van der Waals surface area contributed by atoms with Gasteiger partial charge in [-0.15, -0.1) is 5.10 Å². The van der Waals surface area contributed by atoms with Crippen LogP contribution >= 0.6 is 0 Å². The van der Waals surface area contributed by atoms with Crippen LogP contribution in [0.15, 0.2) is 24.3 Å². The van der Waals surface area contributed by atoms with Crippen molar-refractivity contribution in [2.24, 2.45) is 0 Å². The lowest BCUT2D eigenvalue weighted by Crippen LogP contribution is -2.40. The highest BCUT2D eigenvalue weighted by atomic mass is 19.1. The van der Waals surface area contributed by atoms with E-state index in [1.165, 1.54) is 31.2 Å². The number of halogens is 1. The Kier molecular flexibility index (Phi) is 7.56. The van der Waals surface area contributed by atoms with Crippen LogP contribution in [-0.4, -0.2) is 70.7 Å². The predicted octanol–water partition coefficient (Wildman–Crippen LogP) is 1.19. The Hall–Kier alpha value is -3.87. The topological polar surface area (TPSA) is 145 Å². The third kappa shape index (κ3) is 5.54. The maximum atomic E-state index is 13.5. The van der Waals surface area contributed by atoms with E-state index in [9.17, 15) is 23.6 Å². The van der Waals surface area contributed by atoms with E-state index in [0.717, 1.165) is 25.6 Å². The number of methoxy groups -OCH3 is 1. The Morgan fingerprint density at radius 2 is 1.62 bits per heavy atom. The summed E-state index contributed by atoms with van der Waals surface area (Å²) in [5.41, 5.74) is 0.349. The standard InChI is InChI=1S/C21H22FN3O9/c1-10(26)31-9-15-16(32-11(2)27)17(33-12(3)28)20(34-15)25-19(13-5-7-14(22)8-6-13)23-18(24-25)21(29)30-4/h5-8,15-17,20H,9H2,1-4H3/t15-,16-,17-,20-/m1/s1. The zero-order valence-electron chi connectivity index (χ0n) is 18.7. The quantitative estimate of drug-likeness (QED) is 0.417. The largest absolute Gasteiger partial charge is 0.463 e. The zero-order chi connectivity index (χ0) is 25.0. The molecule has 0 spiro atoms. The average Bonchev–Trinajstić information content (AvgIpc) is 3.34. The second kappa shape index (κ2) is 10.4. The van der Waals surface area contributed by atoms with Gasteiger partial charge in [-0.1, -0.05) is 0 Å². The van der Waals surface area contributed by atoms with Gasteiger partial charge in [0.05, 0.1) is 7.11 Å². The number of carbonyl (C=O) groups excluding carboxylic acids is 4. The molecule has 1 saturated heterocycles. The fraction of sp³-hybridized carbons (Fsp3) is 0.429. The van der Waals surface area contributed by atoms with Gasteiger partial charge in [0.15, 0.2) is 24.3 Å². The summed E-state index contributed by atoms with van der Waals surface area (Å²) in [5.74, 6) is -3.70. The molecule has 3 rings (SSSR count). The highest BCUT2D eigenvalue weighted by molar-refractivity contribution is 5.85. The third-order valence-electron chi connectivity index (χ3n) is 4.68. The lowest BCUT2D eigenvalue weighted by Gasteiger charge is -2.23. The summed E-state index contributed by atoms with van der Waals surface area (Å²) >= 11 is 0. The molecule has 0 unspecified atom stereocenters. The third-order valence-corrected chi connectivity index (χ3v) is 4.68. The molecule has 182 valence electrons. The molecule has 0 bridgehead atoms. The molecule has 2 heterocycles. The summed E-state index contributed by atoms with van der Waals surface area (Å²) in [7, 11) is 1.14. The van der Waals surface area contributed by atoms with Gasteiger partial charge in [-0.25, -0.2) is 18.9 Å². The van der Waals surface area contributed by atoms with Crippen LogP contribution in [0.25, 0.3) is 11.4 Å². The molecule has 4 atom stereocenters. The van der Waals surface area contributed by atoms with E-state index in [0.29, 0.717) is 5.56 Å². The number of esters is 4. The minimum atomic E-state index is -1.26. The molecule has 0 aliphatic carbocycles. The number of hydrogen-bond donors (Lipinski definition) is 0. The number of ether oxygens (including phenoxy) is 5. The van der Waals surface area contributed by atoms with E-state index < -0.39 is 54.2 Å². The van der Waals surface area contributed by atoms with Gasteiger partial charge in [-0.05, 0) is 24.3 Å². The van der Waals surface area contributed by atoms with Crippen molar-refractivity contribution < 1.29 is 47.3 Å². The van der Waals surface area contributed by atoms with Crippen LogP contribution in [0.4, 0.5) is 4.39 Å². The van der Waals surface area contributed by atoms with Gasteiger partial charge < -0.3 is 23.7 Å². The molecular weight excluding hydrogens is 457 g/mol. The van der Waals surface area contributed by atoms with Gasteiger partial charge in [-0.2, -0.15) is 0 Å². The highest BCUT2D eigenvalue weighted by Crippen LogP contribution is 2.36. The minimum Gasteiger partial charge on any atom is -0.463 e. The first-order valence-electron chi connectivity index (χ1n) is 10.0. The Labute approximate surface area is 192 Å². The van der Waals surface area contributed by atoms with E-state index in [2.05, 4.69) is 14.8 Å². The molecule has 12 nitrogen and oxygen atoms in total. The molecule has 0 amide bonds. The normalized spacial score (nSPS) is 21.6. The van der Waals surface area contributed by atoms with Crippen LogP contribution in [0.3, 0.4) is 0 Å². The Bertz CT molecular complexity index is 1090. The number of hydrogen-bond acceptors (Lipinski definition) is 11. The van der Waals surface area contributed by atoms with E-state index in [4.69, 9.17) is 18.9 Å². The van der Waals surface area contributed by atoms with Crippen LogP contribution in [0.5, 0.6) is 0 Å². The van der Waals surface area contributed by atoms with Crippen LogP contribution < -0.4 is 0 Å². The highest BCUT2D eigenvalue weighted by Gasteiger charge is 2.52. The molecule has 1 aliphatic rings. The van der Waals surface area contributed by atoms with Crippen molar-refractivity contribution in [3.05, 3.63) is 35.9 Å². The van der Waals surface area contributed by atoms with Crippen molar-refractivity contribution in [1.82, 2.24) is 14.8 Å². The van der Waals surface area contributed by atoms with E-state index in [1.807, 2.05) is 0 Å². The monoisotopic (exact) mass is 479 g/mol. The average molecular weight is 479 g/mol. The van der Waals surface area contributed by atoms with Gasteiger partial charge in [-0.3, -0.25) is 14.4 Å². The van der Waals surface area contributed by atoms with Gasteiger partial charge in [0.25, 0.3) is 5.82 Å². The number of carbonyl (C=O) groups is 4. The first-order chi connectivity index (χ1) is 16.1. The molecule has 1 aliphatic heterocycles. The molecule has 1 aromatic carbocycles. The Morgan fingerprint density at radius 3 is 2.18 bits per heavy atom. The smallest absolute Gasteiger partial charge is 0.377 e. The van der Waals surface area contributed by atoms with Gasteiger partial charge in [0, 0.05) is 26.3 Å². The van der Waals surface area contributed by atoms with Crippen molar-refractivity contribution in [2.45, 2.75) is 45.3 Å². The fourth-order valence-corrected chi connectivity index (χ4v) is 3.36. The van der Waals surface area contributed by atoms with Gasteiger partial charge in [0.1, 0.15) is 18.5 Å². The number of nitrogens with zero attached hydrogens (tertiary/aromatic N) is 3. The summed E-state index contributed by atoms with van der Waals surface area (Å²) in [4.78, 5) is 51.2. The second-order valence-corrected chi connectivity index (χ2v) is 7.22. The molecule has 34 heavy (non-hydrogen) atoms. The molecule has 1 aromatic heterocycles. The maximum absolute atomic E-state index is 13.5. The zero-order valence-corrected chi connectivity index (χ0v) is 18.7. The first-order valence-corrected chi connectivity index (χ1v) is 10.0. The van der Waals surface area contributed by atoms with Crippen LogP contribution in [0, 0.1) is 5.82 Å². The molecule has 13 heteroatoms. The van der Waals surface area contributed by atoms with Gasteiger partial charge >= 0.3 is 23.9 Å². The van der Waals surface area contributed by atoms with Crippen LogP contribution in [-0.2, 0) is 38.1 Å². The van der Waals surface area contributed by atoms with Crippen molar-refractivity contribution in [3.8, 4) is 11.4 Å². The maximum Gasteiger partial charge on any atom is 0.377 e. The SMILES string of the molecule is COC(=O)c1nc(-c2ccc(F)cc2)n([C@@H]2O[C@H](COC(C)=O)[C@@H](OC(C)=O)[C@H]2OC(C)=O)n1. The lowest BCUT2D eigenvalue weighted by atomic mass is 10.1. The van der Waals surface area contributed by atoms with Crippen molar-refractivity contribution in [2.75, 3.05) is 13.7 Å². The predicted molar refractivity (Wildman–Crippen MR) is 108 cm³/mol. The summed E-state index contributed by atoms with van der Waals surface area (Å²) in [6, 6.07) is 5.14. The summed E-state index contributed by atoms with van der Waals surface area (Å²) in [6.45, 7) is 3.15. The van der Waals surface area contributed by atoms with Crippen LogP contribution in [0.1, 0.15) is 37.6 Å². The fourth-order valence-electron chi connectivity index (χ4n) is 3.36. The summed E-state index contributed by atoms with van der Waals surface area (Å²) in [5, 5.41) is 4.14. The van der Waals surface area contributed by atoms with Gasteiger partial charge in [0.2, 0.25) is 0 Å². The molecule has 0 N–H and O–H groups in total. The van der Waals surface area contributed by atoms with Crippen LogP contribution in [0.2, 0.25) is 0 Å². The summed E-state index contributed by atoms with van der Waals surface area (Å²) in [6.07, 6.45) is -4.75. The minimum absolute atomic E-state index is 0.0530. The summed E-state index contributed by atoms with van der Waals surface area (Å²) < 4.78 is 41.0. The van der Waals surface area contributed by atoms with E-state index >= 15 is 0 Å².